The molecule has 0 aliphatic carbocycles. The molecule has 1 aromatic rings. The van der Waals surface area contributed by atoms with Crippen molar-refractivity contribution in [3.63, 3.8) is 0 Å². The minimum atomic E-state index is -3.91. The Morgan fingerprint density at radius 1 is 1.31 bits per heavy atom. The molecule has 0 saturated carbocycles. The van der Waals surface area contributed by atoms with Gasteiger partial charge in [-0.25, -0.2) is 8.42 Å². The highest BCUT2D eigenvalue weighted by Gasteiger charge is 2.53. The molecule has 2 heterocycles. The van der Waals surface area contributed by atoms with E-state index in [1.807, 2.05) is 20.8 Å². The number of amidine groups is 1. The Bertz CT molecular complexity index is 1280. The summed E-state index contributed by atoms with van der Waals surface area (Å²) in [5.74, 6) is -0.681. The average Bonchev–Trinajstić information content (AvgIpc) is 2.91. The monoisotopic (exact) mass is 540 g/mol. The van der Waals surface area contributed by atoms with Gasteiger partial charge in [-0.2, -0.15) is 4.76 Å². The van der Waals surface area contributed by atoms with Gasteiger partial charge in [0.2, 0.25) is 10.0 Å². The van der Waals surface area contributed by atoms with Crippen molar-refractivity contribution in [2.45, 2.75) is 60.4 Å². The quantitative estimate of drug-likeness (QED) is 0.419. The third-order valence-electron chi connectivity index (χ3n) is 6.58. The molecule has 0 radical (unpaired) electrons. The van der Waals surface area contributed by atoms with Crippen LogP contribution in [0, 0.1) is 11.3 Å². The van der Waals surface area contributed by atoms with Gasteiger partial charge < -0.3 is 19.8 Å². The molecule has 1 aromatic carbocycles. The van der Waals surface area contributed by atoms with Gasteiger partial charge in [-0.15, -0.1) is 0 Å². The highest BCUT2D eigenvalue weighted by molar-refractivity contribution is 7.92. The zero-order chi connectivity index (χ0) is 27.3. The Hall–Kier alpha value is -2.36. The van der Waals surface area contributed by atoms with Gasteiger partial charge in [-0.1, -0.05) is 34.6 Å². The van der Waals surface area contributed by atoms with Gasteiger partial charge in [0.25, 0.3) is 5.91 Å². The van der Waals surface area contributed by atoms with Crippen LogP contribution in [0.25, 0.3) is 0 Å². The zero-order valence-corrected chi connectivity index (χ0v) is 23.9. The summed E-state index contributed by atoms with van der Waals surface area (Å²) in [6.07, 6.45) is 1.74. The number of aliphatic hydroxyl groups is 1. The second-order valence-corrected chi connectivity index (χ2v) is 14.6. The van der Waals surface area contributed by atoms with Crippen LogP contribution in [0.3, 0.4) is 0 Å². The molecule has 0 spiro atoms. The van der Waals surface area contributed by atoms with Crippen LogP contribution in [0.4, 0.5) is 11.4 Å². The highest BCUT2D eigenvalue weighted by atomic mass is 32.2. The summed E-state index contributed by atoms with van der Waals surface area (Å²) < 4.78 is 49.6. The molecule has 1 amide bonds. The molecule has 2 atom stereocenters. The Morgan fingerprint density at radius 3 is 2.47 bits per heavy atom. The van der Waals surface area contributed by atoms with Gasteiger partial charge >= 0.3 is 7.52 Å². The molecule has 200 valence electrons. The number of aliphatic hydroxyl groups excluding tert-OH is 1. The van der Waals surface area contributed by atoms with Gasteiger partial charge in [0.15, 0.2) is 5.84 Å². The van der Waals surface area contributed by atoms with Crippen LogP contribution in [-0.4, -0.2) is 55.1 Å². The lowest BCUT2D eigenvalue weighted by atomic mass is 9.84. The first-order chi connectivity index (χ1) is 16.4. The normalized spacial score (nSPS) is 24.6. The van der Waals surface area contributed by atoms with Crippen LogP contribution in [-0.2, 0) is 23.9 Å². The van der Waals surface area contributed by atoms with E-state index in [1.165, 1.54) is 12.1 Å². The van der Waals surface area contributed by atoms with Crippen molar-refractivity contribution in [2.75, 3.05) is 29.4 Å². The van der Waals surface area contributed by atoms with E-state index in [0.29, 0.717) is 12.2 Å². The van der Waals surface area contributed by atoms with E-state index in [9.17, 15) is 22.9 Å². The molecule has 0 saturated heterocycles. The average molecular weight is 541 g/mol. The molecule has 3 N–H and O–H groups in total. The summed E-state index contributed by atoms with van der Waals surface area (Å²) in [6.45, 7) is 14.1. The summed E-state index contributed by atoms with van der Waals surface area (Å²) in [6, 6.07) is 4.45. The molecule has 12 heteroatoms. The fourth-order valence-corrected chi connectivity index (χ4v) is 6.64. The first kappa shape index (κ1) is 28.2. The SMILES string of the molecule is CCOP1(=O)N=C(C2=C(O)C(C)(C(C)C)N(CCC(C)(C)C)C2=O)Nc2ccc(NS(C)(=O)=O)cc21. The zero-order valence-electron chi connectivity index (χ0n) is 22.2. The van der Waals surface area contributed by atoms with Crippen molar-refractivity contribution in [3.8, 4) is 0 Å². The second kappa shape index (κ2) is 9.50. The Kier molecular flexibility index (Phi) is 7.45. The number of hydrogen-bond acceptors (Lipinski definition) is 7. The minimum absolute atomic E-state index is 0.0293. The summed E-state index contributed by atoms with van der Waals surface area (Å²) in [7, 11) is -7.47. The molecule has 2 aliphatic heterocycles. The number of anilines is 2. The van der Waals surface area contributed by atoms with Crippen molar-refractivity contribution in [2.24, 2.45) is 16.1 Å². The molecule has 3 rings (SSSR count). The molecular weight excluding hydrogens is 503 g/mol. The van der Waals surface area contributed by atoms with Crippen LogP contribution in [0.1, 0.15) is 54.9 Å². The maximum absolute atomic E-state index is 13.9. The maximum Gasteiger partial charge on any atom is 0.348 e. The summed E-state index contributed by atoms with van der Waals surface area (Å²) >= 11 is 0. The number of benzene rings is 1. The topological polar surface area (TPSA) is 137 Å². The third-order valence-corrected chi connectivity index (χ3v) is 9.23. The predicted molar refractivity (Wildman–Crippen MR) is 144 cm³/mol. The number of rotatable bonds is 8. The van der Waals surface area contributed by atoms with Crippen molar-refractivity contribution < 1.29 is 27.4 Å². The number of hydrogen-bond donors (Lipinski definition) is 3. The number of nitrogens with one attached hydrogen (secondary N) is 2. The Morgan fingerprint density at radius 2 is 1.94 bits per heavy atom. The van der Waals surface area contributed by atoms with E-state index in [0.717, 1.165) is 12.7 Å². The van der Waals surface area contributed by atoms with Crippen LogP contribution in [0.2, 0.25) is 0 Å². The van der Waals surface area contributed by atoms with Crippen molar-refractivity contribution in [1.82, 2.24) is 4.90 Å². The second-order valence-electron chi connectivity index (χ2n) is 10.9. The van der Waals surface area contributed by atoms with Gasteiger partial charge in [0, 0.05) is 12.2 Å². The van der Waals surface area contributed by atoms with Crippen LogP contribution < -0.4 is 15.3 Å². The van der Waals surface area contributed by atoms with E-state index in [-0.39, 0.29) is 46.1 Å². The number of amides is 1. The third kappa shape index (κ3) is 5.33. The highest BCUT2D eigenvalue weighted by Crippen LogP contribution is 2.53. The van der Waals surface area contributed by atoms with Gasteiger partial charge in [0.05, 0.1) is 23.9 Å². The van der Waals surface area contributed by atoms with Crippen LogP contribution >= 0.6 is 7.52 Å². The lowest BCUT2D eigenvalue weighted by Crippen LogP contribution is -2.50. The molecule has 0 bridgehead atoms. The molecule has 0 fully saturated rings. The first-order valence-electron chi connectivity index (χ1n) is 11.9. The Labute approximate surface area is 213 Å². The molecule has 36 heavy (non-hydrogen) atoms. The van der Waals surface area contributed by atoms with Gasteiger partial charge in [0.1, 0.15) is 16.9 Å². The van der Waals surface area contributed by atoms with E-state index in [4.69, 9.17) is 4.52 Å². The van der Waals surface area contributed by atoms with Crippen LogP contribution in [0.15, 0.2) is 34.3 Å². The molecular formula is C24H37N4O6PS. The van der Waals surface area contributed by atoms with Crippen molar-refractivity contribution >= 4 is 46.0 Å². The smallest absolute Gasteiger partial charge is 0.348 e. The lowest BCUT2D eigenvalue weighted by Gasteiger charge is -2.40. The van der Waals surface area contributed by atoms with Gasteiger partial charge in [-0.3, -0.25) is 14.1 Å². The van der Waals surface area contributed by atoms with E-state index in [1.54, 1.807) is 17.9 Å². The summed E-state index contributed by atoms with van der Waals surface area (Å²) in [5, 5.41) is 14.6. The maximum atomic E-state index is 13.9. The van der Waals surface area contributed by atoms with Crippen LogP contribution in [0.5, 0.6) is 0 Å². The standard InChI is InChI=1S/C24H37N4O6PS/c1-9-34-35(31)18-14-16(27-36(8,32)33)10-11-17(18)25-21(26-35)19-20(29)24(7,15(2)3)28(22(19)30)13-12-23(4,5)6/h10-11,14-15,27,29H,9,12-13H2,1-8H3,(H,25,26,31). The fraction of sp³-hybridized carbons (Fsp3) is 0.583. The Balaban J connectivity index is 2.12. The predicted octanol–water partition coefficient (Wildman–Crippen LogP) is 4.24. The minimum Gasteiger partial charge on any atom is -0.509 e. The number of carbonyl (C=O) groups is 1. The number of carbonyl (C=O) groups excluding carboxylic acids is 1. The number of nitrogens with zero attached hydrogens (tertiary/aromatic N) is 2. The summed E-state index contributed by atoms with van der Waals surface area (Å²) in [4.78, 5) is 15.4. The molecule has 2 unspecified atom stereocenters. The molecule has 0 aromatic heterocycles. The summed E-state index contributed by atoms with van der Waals surface area (Å²) in [5.41, 5.74) is -0.483. The van der Waals surface area contributed by atoms with Crippen molar-refractivity contribution in [3.05, 3.63) is 29.5 Å². The van der Waals surface area contributed by atoms with E-state index in [2.05, 4.69) is 35.6 Å². The largest absolute Gasteiger partial charge is 0.509 e. The first-order valence-corrected chi connectivity index (χ1v) is 15.4. The molecule has 2 aliphatic rings. The van der Waals surface area contributed by atoms with Gasteiger partial charge in [-0.05, 0) is 49.8 Å². The lowest BCUT2D eigenvalue weighted by molar-refractivity contribution is -0.131. The van der Waals surface area contributed by atoms with E-state index < -0.39 is 29.0 Å². The number of fused-ring (bicyclic) bond motifs is 1. The van der Waals surface area contributed by atoms with Crippen molar-refractivity contribution in [1.29, 1.82) is 0 Å². The number of sulfonamides is 1. The van der Waals surface area contributed by atoms with E-state index >= 15 is 0 Å². The molecule has 10 nitrogen and oxygen atoms in total. The fourth-order valence-electron chi connectivity index (χ4n) is 4.28.